The number of benzene rings is 1. The number of fused-ring (bicyclic) bond motifs is 2. The molecule has 3 aromatic heterocycles. The Kier molecular flexibility index (Phi) is 6.62. The Labute approximate surface area is 237 Å². The average molecular weight is 582 g/mol. The van der Waals surface area contributed by atoms with Gasteiger partial charge in [-0.05, 0) is 12.5 Å². The number of rotatable bonds is 6. The first-order valence-electron chi connectivity index (χ1n) is 12.8. The van der Waals surface area contributed by atoms with E-state index in [4.69, 9.17) is 22.1 Å². The van der Waals surface area contributed by atoms with E-state index in [1.165, 1.54) is 34.9 Å². The third kappa shape index (κ3) is 4.76. The van der Waals surface area contributed by atoms with E-state index in [0.29, 0.717) is 24.0 Å². The number of aryl methyl sites for hydroxylation is 1. The van der Waals surface area contributed by atoms with E-state index < -0.39 is 28.9 Å². The molecule has 4 aromatic rings. The highest BCUT2D eigenvalue weighted by Crippen LogP contribution is 2.35. The van der Waals surface area contributed by atoms with Crippen LogP contribution in [-0.4, -0.2) is 61.8 Å². The molecule has 0 bridgehead atoms. The van der Waals surface area contributed by atoms with E-state index in [2.05, 4.69) is 20.2 Å². The third-order valence-electron chi connectivity index (χ3n) is 7.53. The minimum atomic E-state index is -0.976. The summed E-state index contributed by atoms with van der Waals surface area (Å²) in [4.78, 5) is 48.9. The number of carbonyl (C=O) groups excluding carboxylic acids is 2. The van der Waals surface area contributed by atoms with Crippen LogP contribution in [0, 0.1) is 11.7 Å². The number of nitrogens with two attached hydrogens (primary N) is 1. The van der Waals surface area contributed by atoms with Gasteiger partial charge >= 0.3 is 0 Å². The molecule has 12 nitrogen and oxygen atoms in total. The van der Waals surface area contributed by atoms with Crippen LogP contribution in [0.15, 0.2) is 41.7 Å². The van der Waals surface area contributed by atoms with Gasteiger partial charge in [-0.2, -0.15) is 0 Å². The van der Waals surface area contributed by atoms with Gasteiger partial charge in [0.15, 0.2) is 0 Å². The van der Waals surface area contributed by atoms with Crippen LogP contribution in [0.1, 0.15) is 16.8 Å². The minimum Gasteiger partial charge on any atom is -0.507 e. The van der Waals surface area contributed by atoms with Gasteiger partial charge in [0.05, 0.1) is 40.3 Å². The maximum Gasteiger partial charge on any atom is 0.263 e. The van der Waals surface area contributed by atoms with Crippen molar-refractivity contribution < 1.29 is 23.8 Å². The van der Waals surface area contributed by atoms with Gasteiger partial charge in [-0.15, -0.1) is 0 Å². The van der Waals surface area contributed by atoms with Crippen molar-refractivity contribution in [3.63, 3.8) is 0 Å². The van der Waals surface area contributed by atoms with Crippen LogP contribution in [0.3, 0.4) is 0 Å². The van der Waals surface area contributed by atoms with E-state index in [9.17, 15) is 19.5 Å². The highest BCUT2D eigenvalue weighted by atomic mass is 35.5. The first-order chi connectivity index (χ1) is 19.6. The van der Waals surface area contributed by atoms with Crippen molar-refractivity contribution >= 4 is 46.0 Å². The summed E-state index contributed by atoms with van der Waals surface area (Å²) < 4.78 is 23.4. The number of nitrogens with one attached hydrogen (secondary N) is 1. The van der Waals surface area contributed by atoms with Crippen molar-refractivity contribution in [1.29, 1.82) is 0 Å². The first-order valence-corrected chi connectivity index (χ1v) is 13.2. The SMILES string of the molecule is Cn1cnc2c(c(-c3cc(C(N)=O)c(O)cc3F)cn2CC(=O)Nc2cc(N3C[C@H]4CCO[C@H]4C3)ncc2Cl)c1=O. The number of aromatic hydroxyl groups is 1. The molecular weight excluding hydrogens is 557 g/mol. The maximum absolute atomic E-state index is 15.0. The Morgan fingerprint density at radius 3 is 2.80 bits per heavy atom. The van der Waals surface area contributed by atoms with Gasteiger partial charge in [0, 0.05) is 62.1 Å². The Bertz CT molecular complexity index is 1780. The van der Waals surface area contributed by atoms with Crippen molar-refractivity contribution in [2.75, 3.05) is 29.9 Å². The van der Waals surface area contributed by atoms with Gasteiger partial charge in [0.2, 0.25) is 5.91 Å². The number of anilines is 2. The number of hydrogen-bond acceptors (Lipinski definition) is 8. The zero-order chi connectivity index (χ0) is 29.0. The van der Waals surface area contributed by atoms with Gasteiger partial charge in [0.1, 0.15) is 29.6 Å². The lowest BCUT2D eigenvalue weighted by Crippen LogP contribution is -2.24. The van der Waals surface area contributed by atoms with Gasteiger partial charge in [-0.3, -0.25) is 14.4 Å². The summed E-state index contributed by atoms with van der Waals surface area (Å²) in [5, 5.41) is 13.0. The lowest BCUT2D eigenvalue weighted by atomic mass is 10.0. The van der Waals surface area contributed by atoms with Crippen LogP contribution < -0.4 is 21.5 Å². The van der Waals surface area contributed by atoms with Crippen LogP contribution in [0.5, 0.6) is 5.75 Å². The lowest BCUT2D eigenvalue weighted by molar-refractivity contribution is -0.116. The fraction of sp³-hybridized carbons (Fsp3) is 0.296. The van der Waals surface area contributed by atoms with Crippen molar-refractivity contribution in [2.45, 2.75) is 19.1 Å². The summed E-state index contributed by atoms with van der Waals surface area (Å²) in [7, 11) is 1.48. The normalized spacial score (nSPS) is 18.2. The number of hydrogen-bond donors (Lipinski definition) is 3. The number of primary amides is 1. The summed E-state index contributed by atoms with van der Waals surface area (Å²) in [6.07, 6.45) is 5.31. The lowest BCUT2D eigenvalue weighted by Gasteiger charge is -2.19. The molecule has 2 aliphatic rings. The molecule has 2 saturated heterocycles. The summed E-state index contributed by atoms with van der Waals surface area (Å²) >= 11 is 6.35. The fourth-order valence-corrected chi connectivity index (χ4v) is 5.61. The van der Waals surface area contributed by atoms with Crippen molar-refractivity contribution in [3.8, 4) is 16.9 Å². The standard InChI is InChI=1S/C27H25ClFN7O5/c1-34-12-32-26-24(27(34)40)16(14-4-15(25(30)39)20(37)5-18(14)29)9-36(26)11-23(38)33-19-6-22(31-7-17(19)28)35-8-13-2-3-41-21(13)10-35/h4-7,9,12-13,21,37H,2-3,8,10-11H2,1H3,(H2,30,39)(H,31,33,38)/t13-,21+/m1/s1. The first kappa shape index (κ1) is 26.7. The molecule has 4 N–H and O–H groups in total. The minimum absolute atomic E-state index is 0.0221. The van der Waals surface area contributed by atoms with Gasteiger partial charge in [-0.25, -0.2) is 14.4 Å². The van der Waals surface area contributed by atoms with E-state index in [-0.39, 0.29) is 45.4 Å². The van der Waals surface area contributed by atoms with E-state index in [1.54, 1.807) is 6.07 Å². The average Bonchev–Trinajstić information content (AvgIpc) is 3.62. The van der Waals surface area contributed by atoms with E-state index in [1.807, 2.05) is 0 Å². The summed E-state index contributed by atoms with van der Waals surface area (Å²) in [5.41, 5.74) is 4.90. The Morgan fingerprint density at radius 2 is 2.05 bits per heavy atom. The molecule has 0 spiro atoms. The largest absolute Gasteiger partial charge is 0.507 e. The molecule has 0 saturated carbocycles. The molecule has 5 heterocycles. The quantitative estimate of drug-likeness (QED) is 0.313. The molecule has 6 rings (SSSR count). The van der Waals surface area contributed by atoms with Crippen LogP contribution >= 0.6 is 11.6 Å². The molecule has 1 aromatic carbocycles. The van der Waals surface area contributed by atoms with Crippen LogP contribution in [-0.2, 0) is 23.1 Å². The van der Waals surface area contributed by atoms with Crippen LogP contribution in [0.2, 0.25) is 5.02 Å². The highest BCUT2D eigenvalue weighted by molar-refractivity contribution is 6.33. The van der Waals surface area contributed by atoms with Crippen molar-refractivity contribution in [3.05, 3.63) is 63.7 Å². The Balaban J connectivity index is 1.32. The van der Waals surface area contributed by atoms with Gasteiger partial charge < -0.3 is 34.9 Å². The molecule has 0 aliphatic carbocycles. The summed E-state index contributed by atoms with van der Waals surface area (Å²) in [6.45, 7) is 1.98. The number of carbonyl (C=O) groups is 2. The van der Waals surface area contributed by atoms with Gasteiger partial charge in [0.25, 0.3) is 11.5 Å². The summed E-state index contributed by atoms with van der Waals surface area (Å²) in [6, 6.07) is 3.51. The second kappa shape index (κ2) is 10.2. The highest BCUT2D eigenvalue weighted by Gasteiger charge is 2.38. The number of pyridine rings is 1. The third-order valence-corrected chi connectivity index (χ3v) is 7.83. The predicted octanol–water partition coefficient (Wildman–Crippen LogP) is 2.26. The topological polar surface area (TPSA) is 158 Å². The molecule has 2 amide bonds. The summed E-state index contributed by atoms with van der Waals surface area (Å²) in [5.74, 6) is -1.88. The fourth-order valence-electron chi connectivity index (χ4n) is 5.46. The molecule has 2 fully saturated rings. The zero-order valence-corrected chi connectivity index (χ0v) is 22.6. The molecule has 212 valence electrons. The van der Waals surface area contributed by atoms with Gasteiger partial charge in [-0.1, -0.05) is 11.6 Å². The number of halogens is 2. The molecule has 2 aliphatic heterocycles. The number of nitrogens with zero attached hydrogens (tertiary/aromatic N) is 5. The number of aromatic nitrogens is 4. The van der Waals surface area contributed by atoms with E-state index in [0.717, 1.165) is 31.7 Å². The zero-order valence-electron chi connectivity index (χ0n) is 21.8. The van der Waals surface area contributed by atoms with Crippen LogP contribution in [0.25, 0.3) is 22.2 Å². The molecule has 2 atom stereocenters. The second-order valence-corrected chi connectivity index (χ2v) is 10.6. The number of amides is 2. The van der Waals surface area contributed by atoms with Crippen molar-refractivity contribution in [1.82, 2.24) is 19.1 Å². The molecular formula is C27H25ClFN7O5. The Morgan fingerprint density at radius 1 is 1.24 bits per heavy atom. The number of ether oxygens (including phenoxy) is 1. The van der Waals surface area contributed by atoms with E-state index >= 15 is 4.39 Å². The van der Waals surface area contributed by atoms with Crippen LogP contribution in [0.4, 0.5) is 15.9 Å². The monoisotopic (exact) mass is 581 g/mol. The smallest absolute Gasteiger partial charge is 0.263 e. The molecule has 0 radical (unpaired) electrons. The molecule has 14 heteroatoms. The molecule has 0 unspecified atom stereocenters. The predicted molar refractivity (Wildman–Crippen MR) is 148 cm³/mol. The number of phenols is 1. The second-order valence-electron chi connectivity index (χ2n) is 10.2. The maximum atomic E-state index is 15.0. The molecule has 41 heavy (non-hydrogen) atoms. The van der Waals surface area contributed by atoms with Crippen molar-refractivity contribution in [2.24, 2.45) is 18.7 Å². The Hall–Kier alpha value is -4.49.